The van der Waals surface area contributed by atoms with E-state index in [9.17, 15) is 4.79 Å². The molecule has 1 N–H and O–H groups in total. The first-order chi connectivity index (χ1) is 6.63. The van der Waals surface area contributed by atoms with Gasteiger partial charge in [-0.15, -0.1) is 0 Å². The molecule has 0 aliphatic carbocycles. The maximum atomic E-state index is 11.0. The van der Waals surface area contributed by atoms with Crippen molar-refractivity contribution >= 4 is 5.97 Å². The molecular formula is C10H20O4. The third kappa shape index (κ3) is 3.64. The highest BCUT2D eigenvalue weighted by Crippen LogP contribution is 2.19. The van der Waals surface area contributed by atoms with Crippen molar-refractivity contribution in [2.24, 2.45) is 0 Å². The summed E-state index contributed by atoms with van der Waals surface area (Å²) in [6.07, 6.45) is 1.89. The zero-order chi connectivity index (χ0) is 11.0. The van der Waals surface area contributed by atoms with Crippen molar-refractivity contribution in [2.75, 3.05) is 13.2 Å². The topological polar surface area (TPSA) is 55.8 Å². The zero-order valence-electron chi connectivity index (χ0n) is 9.21. The second-order valence-electron chi connectivity index (χ2n) is 3.11. The molecule has 0 unspecified atom stereocenters. The van der Waals surface area contributed by atoms with Crippen LogP contribution in [0.4, 0.5) is 0 Å². The molecule has 4 heteroatoms. The van der Waals surface area contributed by atoms with Gasteiger partial charge in [-0.05, 0) is 12.8 Å². The Bertz CT molecular complexity index is 160. The molecule has 84 valence electrons. The van der Waals surface area contributed by atoms with Crippen molar-refractivity contribution in [3.05, 3.63) is 0 Å². The Labute approximate surface area is 85.2 Å². The second-order valence-corrected chi connectivity index (χ2v) is 3.11. The summed E-state index contributed by atoms with van der Waals surface area (Å²) in [5.41, 5.74) is 0. The van der Waals surface area contributed by atoms with Crippen LogP contribution in [0.15, 0.2) is 0 Å². The predicted octanol–water partition coefficient (Wildman–Crippen LogP) is 2.03. The highest BCUT2D eigenvalue weighted by atomic mass is 16.7. The van der Waals surface area contributed by atoms with Gasteiger partial charge in [0.1, 0.15) is 0 Å². The average molecular weight is 204 g/mol. The van der Waals surface area contributed by atoms with Crippen LogP contribution in [0, 0.1) is 0 Å². The van der Waals surface area contributed by atoms with Crippen LogP contribution in [0.1, 0.15) is 40.0 Å². The van der Waals surface area contributed by atoms with Crippen LogP contribution < -0.4 is 0 Å². The van der Waals surface area contributed by atoms with Crippen LogP contribution in [0.25, 0.3) is 0 Å². The third-order valence-corrected chi connectivity index (χ3v) is 1.87. The molecule has 0 aromatic rings. The maximum Gasteiger partial charge on any atom is 0.364 e. The van der Waals surface area contributed by atoms with Gasteiger partial charge in [0.15, 0.2) is 0 Å². The number of hydrogen-bond donors (Lipinski definition) is 1. The summed E-state index contributed by atoms with van der Waals surface area (Å²) in [4.78, 5) is 11.0. The molecule has 0 aromatic carbocycles. The molecule has 0 radical (unpaired) electrons. The molecule has 0 rings (SSSR count). The molecule has 0 bridgehead atoms. The van der Waals surface area contributed by atoms with E-state index in [-0.39, 0.29) is 0 Å². The molecule has 0 aliphatic heterocycles. The van der Waals surface area contributed by atoms with Crippen molar-refractivity contribution in [2.45, 2.75) is 45.8 Å². The predicted molar refractivity (Wildman–Crippen MR) is 53.1 cm³/mol. The lowest BCUT2D eigenvalue weighted by molar-refractivity contribution is -0.245. The van der Waals surface area contributed by atoms with Gasteiger partial charge in [-0.1, -0.05) is 20.8 Å². The molecule has 0 spiro atoms. The first kappa shape index (κ1) is 13.4. The number of carboxylic acids is 1. The smallest absolute Gasteiger partial charge is 0.364 e. The normalized spacial score (nSPS) is 11.6. The summed E-state index contributed by atoms with van der Waals surface area (Å²) < 4.78 is 10.5. The molecule has 0 amide bonds. The Kier molecular flexibility index (Phi) is 6.49. The van der Waals surface area contributed by atoms with Crippen LogP contribution in [0.5, 0.6) is 0 Å². The number of rotatable bonds is 8. The van der Waals surface area contributed by atoms with Crippen LogP contribution in [-0.4, -0.2) is 30.1 Å². The van der Waals surface area contributed by atoms with Gasteiger partial charge in [0.05, 0.1) is 13.2 Å². The van der Waals surface area contributed by atoms with Gasteiger partial charge in [0, 0.05) is 6.42 Å². The summed E-state index contributed by atoms with van der Waals surface area (Å²) in [6.45, 7) is 6.43. The van der Waals surface area contributed by atoms with Crippen LogP contribution in [-0.2, 0) is 14.3 Å². The van der Waals surface area contributed by atoms with Crippen molar-refractivity contribution in [3.8, 4) is 0 Å². The van der Waals surface area contributed by atoms with Crippen LogP contribution in [0.3, 0.4) is 0 Å². The zero-order valence-corrected chi connectivity index (χ0v) is 9.21. The largest absolute Gasteiger partial charge is 0.477 e. The molecule has 0 fully saturated rings. The van der Waals surface area contributed by atoms with E-state index in [0.29, 0.717) is 19.6 Å². The van der Waals surface area contributed by atoms with E-state index in [1.54, 1.807) is 6.92 Å². The van der Waals surface area contributed by atoms with Crippen LogP contribution >= 0.6 is 0 Å². The average Bonchev–Trinajstić information content (AvgIpc) is 2.18. The third-order valence-electron chi connectivity index (χ3n) is 1.87. The van der Waals surface area contributed by atoms with Gasteiger partial charge >= 0.3 is 5.97 Å². The monoisotopic (exact) mass is 204 g/mol. The first-order valence-corrected chi connectivity index (χ1v) is 5.14. The molecule has 14 heavy (non-hydrogen) atoms. The first-order valence-electron chi connectivity index (χ1n) is 5.14. The number of ether oxygens (including phenoxy) is 2. The number of hydrogen-bond acceptors (Lipinski definition) is 3. The van der Waals surface area contributed by atoms with E-state index in [1.165, 1.54) is 0 Å². The molecular weight excluding hydrogens is 184 g/mol. The standard InChI is InChI=1S/C10H20O4/c1-4-7-13-10(6-3,9(11)12)14-8-5-2/h4-8H2,1-3H3,(H,11,12). The molecule has 0 saturated carbocycles. The molecule has 0 aromatic heterocycles. The van der Waals surface area contributed by atoms with Crippen LogP contribution in [0.2, 0.25) is 0 Å². The number of carbonyl (C=O) groups is 1. The van der Waals surface area contributed by atoms with Crippen molar-refractivity contribution in [3.63, 3.8) is 0 Å². The van der Waals surface area contributed by atoms with Gasteiger partial charge in [0.25, 0.3) is 5.79 Å². The minimum atomic E-state index is -1.44. The van der Waals surface area contributed by atoms with Gasteiger partial charge in [0.2, 0.25) is 0 Å². The fourth-order valence-electron chi connectivity index (χ4n) is 1.05. The summed E-state index contributed by atoms with van der Waals surface area (Å²) in [5, 5.41) is 9.03. The lowest BCUT2D eigenvalue weighted by Gasteiger charge is -2.28. The molecule has 0 atom stereocenters. The Hall–Kier alpha value is -0.610. The molecule has 0 heterocycles. The summed E-state index contributed by atoms with van der Waals surface area (Å²) in [7, 11) is 0. The van der Waals surface area contributed by atoms with Crippen molar-refractivity contribution in [1.29, 1.82) is 0 Å². The summed E-state index contributed by atoms with van der Waals surface area (Å²) in [5.74, 6) is -2.48. The second kappa shape index (κ2) is 6.79. The van der Waals surface area contributed by atoms with E-state index in [0.717, 1.165) is 12.8 Å². The SMILES string of the molecule is CCCOC(CC)(OCCC)C(=O)O. The minimum Gasteiger partial charge on any atom is -0.477 e. The van der Waals surface area contributed by atoms with E-state index < -0.39 is 11.8 Å². The lowest BCUT2D eigenvalue weighted by Crippen LogP contribution is -2.44. The minimum absolute atomic E-state index is 0.322. The highest BCUT2D eigenvalue weighted by molar-refractivity contribution is 5.75. The Morgan fingerprint density at radius 3 is 1.79 bits per heavy atom. The number of aliphatic carboxylic acids is 1. The maximum absolute atomic E-state index is 11.0. The van der Waals surface area contributed by atoms with E-state index in [1.807, 2.05) is 13.8 Å². The Balaban J connectivity index is 4.35. The molecule has 0 saturated heterocycles. The fourth-order valence-corrected chi connectivity index (χ4v) is 1.05. The van der Waals surface area contributed by atoms with E-state index in [4.69, 9.17) is 14.6 Å². The lowest BCUT2D eigenvalue weighted by atomic mass is 10.2. The number of carboxylic acid groups (broad SMARTS) is 1. The van der Waals surface area contributed by atoms with Gasteiger partial charge in [-0.2, -0.15) is 0 Å². The molecule has 0 aliphatic rings. The van der Waals surface area contributed by atoms with Crippen molar-refractivity contribution < 1.29 is 19.4 Å². The van der Waals surface area contributed by atoms with Gasteiger partial charge in [-0.25, -0.2) is 4.79 Å². The highest BCUT2D eigenvalue weighted by Gasteiger charge is 2.38. The quantitative estimate of drug-likeness (QED) is 0.615. The Morgan fingerprint density at radius 2 is 1.57 bits per heavy atom. The van der Waals surface area contributed by atoms with E-state index in [2.05, 4.69) is 0 Å². The summed E-state index contributed by atoms with van der Waals surface area (Å²) in [6, 6.07) is 0. The van der Waals surface area contributed by atoms with Gasteiger partial charge < -0.3 is 14.6 Å². The fraction of sp³-hybridized carbons (Fsp3) is 0.900. The summed E-state index contributed by atoms with van der Waals surface area (Å²) >= 11 is 0. The Morgan fingerprint density at radius 1 is 1.14 bits per heavy atom. The van der Waals surface area contributed by atoms with Crippen molar-refractivity contribution in [1.82, 2.24) is 0 Å². The van der Waals surface area contributed by atoms with Gasteiger partial charge in [-0.3, -0.25) is 0 Å². The molecule has 4 nitrogen and oxygen atoms in total. The van der Waals surface area contributed by atoms with E-state index >= 15 is 0 Å².